The van der Waals surface area contributed by atoms with Crippen LogP contribution < -0.4 is 4.74 Å². The van der Waals surface area contributed by atoms with Crippen LogP contribution in [0.2, 0.25) is 0 Å². The molecular weight excluding hydrogens is 282 g/mol. The van der Waals surface area contributed by atoms with Crippen LogP contribution in [0.5, 0.6) is 17.2 Å². The maximum absolute atomic E-state index is 12.6. The first-order valence-electron chi connectivity index (χ1n) is 6.59. The number of phenols is 2. The van der Waals surface area contributed by atoms with Crippen molar-refractivity contribution in [1.29, 1.82) is 0 Å². The number of methoxy groups -OCH3 is 1. The third-order valence-electron chi connectivity index (χ3n) is 3.41. The van der Waals surface area contributed by atoms with Gasteiger partial charge in [-0.25, -0.2) is 0 Å². The topological polar surface area (TPSA) is 79.7 Å². The number of phenolic OH excluding ortho intramolecular Hbond substituents is 2. The number of ketones is 1. The van der Waals surface area contributed by atoms with Crippen molar-refractivity contribution in [3.63, 3.8) is 0 Å². The van der Waals surface area contributed by atoms with Crippen LogP contribution in [0, 0.1) is 0 Å². The van der Waals surface area contributed by atoms with Crippen LogP contribution in [0.25, 0.3) is 10.8 Å². The fourth-order valence-corrected chi connectivity index (χ4v) is 2.28. The first-order chi connectivity index (χ1) is 10.6. The van der Waals surface area contributed by atoms with Gasteiger partial charge in [-0.15, -0.1) is 0 Å². The summed E-state index contributed by atoms with van der Waals surface area (Å²) in [5.41, 5.74) is 0.686. The average Bonchev–Trinajstić information content (AvgIpc) is 2.53. The molecule has 3 aromatic rings. The van der Waals surface area contributed by atoms with Gasteiger partial charge in [-0.2, -0.15) is 0 Å². The molecule has 5 nitrogen and oxygen atoms in total. The molecule has 0 unspecified atom stereocenters. The van der Waals surface area contributed by atoms with E-state index >= 15 is 0 Å². The first-order valence-corrected chi connectivity index (χ1v) is 6.59. The lowest BCUT2D eigenvalue weighted by atomic mass is 10.0. The normalized spacial score (nSPS) is 10.6. The lowest BCUT2D eigenvalue weighted by Crippen LogP contribution is -2.04. The SMILES string of the molecule is COc1cc2c(C(=O)c3ccc(O)cc3)nccc2cc1O. The Morgan fingerprint density at radius 2 is 1.82 bits per heavy atom. The van der Waals surface area contributed by atoms with Gasteiger partial charge < -0.3 is 14.9 Å². The van der Waals surface area contributed by atoms with Gasteiger partial charge in [0, 0.05) is 17.1 Å². The highest BCUT2D eigenvalue weighted by Gasteiger charge is 2.16. The first kappa shape index (κ1) is 13.9. The van der Waals surface area contributed by atoms with Gasteiger partial charge in [-0.05, 0) is 47.9 Å². The molecule has 0 spiro atoms. The van der Waals surface area contributed by atoms with Crippen molar-refractivity contribution in [2.45, 2.75) is 0 Å². The Hall–Kier alpha value is -3.08. The van der Waals surface area contributed by atoms with Gasteiger partial charge in [0.1, 0.15) is 11.4 Å². The summed E-state index contributed by atoms with van der Waals surface area (Å²) in [6, 6.07) is 10.8. The molecule has 0 aliphatic rings. The van der Waals surface area contributed by atoms with Crippen molar-refractivity contribution < 1.29 is 19.7 Å². The van der Waals surface area contributed by atoms with Gasteiger partial charge in [0.25, 0.3) is 0 Å². The van der Waals surface area contributed by atoms with E-state index in [1.165, 1.54) is 43.6 Å². The van der Waals surface area contributed by atoms with Crippen LogP contribution in [-0.4, -0.2) is 28.1 Å². The Bertz CT molecular complexity index is 856. The fraction of sp³-hybridized carbons (Fsp3) is 0.0588. The summed E-state index contributed by atoms with van der Waals surface area (Å²) in [5.74, 6) is 0.108. The summed E-state index contributed by atoms with van der Waals surface area (Å²) < 4.78 is 5.09. The molecule has 0 aliphatic heterocycles. The number of rotatable bonds is 3. The summed E-state index contributed by atoms with van der Waals surface area (Å²) in [7, 11) is 1.44. The molecule has 2 aromatic carbocycles. The molecule has 0 aliphatic carbocycles. The van der Waals surface area contributed by atoms with E-state index in [0.29, 0.717) is 16.3 Å². The second-order valence-electron chi connectivity index (χ2n) is 4.78. The van der Waals surface area contributed by atoms with Crippen molar-refractivity contribution in [1.82, 2.24) is 4.98 Å². The molecule has 0 fully saturated rings. The number of carbonyl (C=O) groups is 1. The molecule has 0 atom stereocenters. The summed E-state index contributed by atoms with van der Waals surface area (Å²) in [5, 5.41) is 20.4. The number of aromatic hydroxyl groups is 2. The lowest BCUT2D eigenvalue weighted by molar-refractivity contribution is 0.103. The van der Waals surface area contributed by atoms with Crippen molar-refractivity contribution in [2.75, 3.05) is 7.11 Å². The highest BCUT2D eigenvalue weighted by atomic mass is 16.5. The number of ether oxygens (including phenoxy) is 1. The molecular formula is C17H13NO4. The standard InChI is InChI=1S/C17H13NO4/c1-22-15-9-13-11(8-14(15)20)6-7-18-16(13)17(21)10-2-4-12(19)5-3-10/h2-9,19-20H,1H3. The van der Waals surface area contributed by atoms with Gasteiger partial charge >= 0.3 is 0 Å². The van der Waals surface area contributed by atoms with E-state index in [0.717, 1.165) is 0 Å². The highest BCUT2D eigenvalue weighted by Crippen LogP contribution is 2.32. The molecule has 0 saturated heterocycles. The molecule has 22 heavy (non-hydrogen) atoms. The van der Waals surface area contributed by atoms with Crippen LogP contribution in [0.4, 0.5) is 0 Å². The predicted octanol–water partition coefficient (Wildman–Crippen LogP) is 2.89. The molecule has 0 radical (unpaired) electrons. The minimum Gasteiger partial charge on any atom is -0.508 e. The van der Waals surface area contributed by atoms with E-state index in [-0.39, 0.29) is 28.7 Å². The zero-order chi connectivity index (χ0) is 15.7. The van der Waals surface area contributed by atoms with Crippen LogP contribution in [0.15, 0.2) is 48.7 Å². The average molecular weight is 295 g/mol. The van der Waals surface area contributed by atoms with Gasteiger partial charge in [-0.1, -0.05) is 0 Å². The summed E-state index contributed by atoms with van der Waals surface area (Å²) >= 11 is 0. The third kappa shape index (κ3) is 2.33. The molecule has 2 N–H and O–H groups in total. The van der Waals surface area contributed by atoms with Gasteiger partial charge in [0.2, 0.25) is 5.78 Å². The molecule has 0 bridgehead atoms. The van der Waals surface area contributed by atoms with Crippen LogP contribution in [0.1, 0.15) is 16.1 Å². The van der Waals surface area contributed by atoms with E-state index in [2.05, 4.69) is 4.98 Å². The van der Waals surface area contributed by atoms with Crippen LogP contribution >= 0.6 is 0 Å². The number of fused-ring (bicyclic) bond motifs is 1. The lowest BCUT2D eigenvalue weighted by Gasteiger charge is -2.09. The zero-order valence-electron chi connectivity index (χ0n) is 11.8. The van der Waals surface area contributed by atoms with E-state index in [1.54, 1.807) is 12.1 Å². The quantitative estimate of drug-likeness (QED) is 0.726. The van der Waals surface area contributed by atoms with E-state index in [1.807, 2.05) is 0 Å². The Balaban J connectivity index is 2.17. The van der Waals surface area contributed by atoms with Gasteiger partial charge in [0.05, 0.1) is 7.11 Å². The second-order valence-corrected chi connectivity index (χ2v) is 4.78. The molecule has 110 valence electrons. The summed E-state index contributed by atoms with van der Waals surface area (Å²) in [4.78, 5) is 16.8. The van der Waals surface area contributed by atoms with Crippen molar-refractivity contribution in [3.05, 3.63) is 59.9 Å². The number of carbonyl (C=O) groups excluding carboxylic acids is 1. The monoisotopic (exact) mass is 295 g/mol. The summed E-state index contributed by atoms with van der Waals surface area (Å²) in [6.07, 6.45) is 1.52. The highest BCUT2D eigenvalue weighted by molar-refractivity contribution is 6.15. The number of pyridine rings is 1. The molecule has 3 rings (SSSR count). The van der Waals surface area contributed by atoms with Crippen molar-refractivity contribution in [2.24, 2.45) is 0 Å². The fourth-order valence-electron chi connectivity index (χ4n) is 2.28. The number of hydrogen-bond acceptors (Lipinski definition) is 5. The smallest absolute Gasteiger partial charge is 0.211 e. The number of hydrogen-bond donors (Lipinski definition) is 2. The maximum Gasteiger partial charge on any atom is 0.211 e. The number of benzene rings is 2. The van der Waals surface area contributed by atoms with E-state index in [9.17, 15) is 15.0 Å². The van der Waals surface area contributed by atoms with Crippen LogP contribution in [0.3, 0.4) is 0 Å². The number of nitrogens with zero attached hydrogens (tertiary/aromatic N) is 1. The second kappa shape index (κ2) is 5.37. The Kier molecular flexibility index (Phi) is 3.39. The minimum absolute atomic E-state index is 0.00392. The Morgan fingerprint density at radius 3 is 2.50 bits per heavy atom. The largest absolute Gasteiger partial charge is 0.508 e. The molecule has 0 saturated carbocycles. The van der Waals surface area contributed by atoms with E-state index in [4.69, 9.17) is 4.74 Å². The van der Waals surface area contributed by atoms with Crippen molar-refractivity contribution in [3.8, 4) is 17.2 Å². The van der Waals surface area contributed by atoms with Gasteiger partial charge in [0.15, 0.2) is 11.5 Å². The molecule has 1 aromatic heterocycles. The maximum atomic E-state index is 12.6. The molecule has 5 heteroatoms. The predicted molar refractivity (Wildman–Crippen MR) is 81.5 cm³/mol. The van der Waals surface area contributed by atoms with E-state index < -0.39 is 0 Å². The van der Waals surface area contributed by atoms with Crippen LogP contribution in [-0.2, 0) is 0 Å². The zero-order valence-corrected chi connectivity index (χ0v) is 11.8. The Morgan fingerprint density at radius 1 is 1.09 bits per heavy atom. The van der Waals surface area contributed by atoms with Crippen molar-refractivity contribution >= 4 is 16.6 Å². The minimum atomic E-state index is -0.265. The van der Waals surface area contributed by atoms with Gasteiger partial charge in [-0.3, -0.25) is 9.78 Å². The summed E-state index contributed by atoms with van der Waals surface area (Å²) in [6.45, 7) is 0. The molecule has 1 heterocycles. The third-order valence-corrected chi connectivity index (χ3v) is 3.41. The Labute approximate surface area is 126 Å². The molecule has 0 amide bonds. The number of aromatic nitrogens is 1.